The lowest BCUT2D eigenvalue weighted by molar-refractivity contribution is 0.522. The van der Waals surface area contributed by atoms with Crippen molar-refractivity contribution in [3.05, 3.63) is 28.8 Å². The Balaban J connectivity index is 2.42. The second-order valence-electron chi connectivity index (χ2n) is 6.02. The minimum atomic E-state index is -0.0142. The highest BCUT2D eigenvalue weighted by atomic mass is 32.1. The van der Waals surface area contributed by atoms with Crippen LogP contribution < -0.4 is 5.32 Å². The Morgan fingerprint density at radius 1 is 1.40 bits per heavy atom. The van der Waals surface area contributed by atoms with Gasteiger partial charge in [-0.2, -0.15) is 0 Å². The van der Waals surface area contributed by atoms with Gasteiger partial charge in [-0.05, 0) is 24.5 Å². The standard InChI is InChI=1S/C14H23N5S/c1-6-7-15-10(13-16-8-9-19(13)5)11-12(14(2,3)4)17-18-20-11/h8-10,15H,6-7H2,1-5H3. The van der Waals surface area contributed by atoms with Crippen LogP contribution in [0, 0.1) is 0 Å². The minimum Gasteiger partial charge on any atom is -0.336 e. The molecule has 20 heavy (non-hydrogen) atoms. The first-order valence-corrected chi connectivity index (χ1v) is 7.75. The number of aromatic nitrogens is 4. The van der Waals surface area contributed by atoms with Crippen molar-refractivity contribution in [3.63, 3.8) is 0 Å². The highest BCUT2D eigenvalue weighted by Crippen LogP contribution is 2.32. The van der Waals surface area contributed by atoms with Crippen LogP contribution in [0.4, 0.5) is 0 Å². The van der Waals surface area contributed by atoms with Crippen LogP contribution >= 0.6 is 11.5 Å². The molecule has 2 aromatic rings. The molecule has 0 fully saturated rings. The Morgan fingerprint density at radius 2 is 2.15 bits per heavy atom. The monoisotopic (exact) mass is 293 g/mol. The molecule has 0 aliphatic heterocycles. The molecule has 2 heterocycles. The van der Waals surface area contributed by atoms with Crippen molar-refractivity contribution >= 4 is 11.5 Å². The molecule has 1 unspecified atom stereocenters. The van der Waals surface area contributed by atoms with Crippen LogP contribution in [-0.2, 0) is 12.5 Å². The van der Waals surface area contributed by atoms with Crippen molar-refractivity contribution in [3.8, 4) is 0 Å². The lowest BCUT2D eigenvalue weighted by Crippen LogP contribution is -2.28. The molecule has 110 valence electrons. The van der Waals surface area contributed by atoms with Gasteiger partial charge in [-0.3, -0.25) is 0 Å². The van der Waals surface area contributed by atoms with E-state index in [9.17, 15) is 0 Å². The number of imidazole rings is 1. The third kappa shape index (κ3) is 3.07. The van der Waals surface area contributed by atoms with Crippen LogP contribution in [0.3, 0.4) is 0 Å². The fourth-order valence-electron chi connectivity index (χ4n) is 2.15. The third-order valence-electron chi connectivity index (χ3n) is 3.20. The van der Waals surface area contributed by atoms with E-state index in [1.54, 1.807) is 0 Å². The summed E-state index contributed by atoms with van der Waals surface area (Å²) in [6, 6.07) is 0.0594. The van der Waals surface area contributed by atoms with Gasteiger partial charge in [-0.25, -0.2) is 4.98 Å². The predicted octanol–water partition coefficient (Wildman–Crippen LogP) is 2.66. The summed E-state index contributed by atoms with van der Waals surface area (Å²) in [4.78, 5) is 5.67. The molecular formula is C14H23N5S. The SMILES string of the molecule is CCCNC(c1snnc1C(C)(C)C)c1nccn1C. The zero-order chi connectivity index (χ0) is 14.8. The smallest absolute Gasteiger partial charge is 0.131 e. The van der Waals surface area contributed by atoms with Crippen LogP contribution in [0.1, 0.15) is 56.6 Å². The zero-order valence-corrected chi connectivity index (χ0v) is 13.7. The summed E-state index contributed by atoms with van der Waals surface area (Å²) >= 11 is 1.46. The van der Waals surface area contributed by atoms with E-state index in [1.807, 2.05) is 19.4 Å². The maximum atomic E-state index is 4.50. The fourth-order valence-corrected chi connectivity index (χ4v) is 3.09. The maximum Gasteiger partial charge on any atom is 0.131 e. The van der Waals surface area contributed by atoms with Crippen molar-refractivity contribution in [2.24, 2.45) is 7.05 Å². The van der Waals surface area contributed by atoms with Crippen molar-refractivity contribution in [1.82, 2.24) is 24.5 Å². The molecule has 0 saturated carbocycles. The van der Waals surface area contributed by atoms with Crippen LogP contribution in [0.2, 0.25) is 0 Å². The lowest BCUT2D eigenvalue weighted by Gasteiger charge is -2.22. The fraction of sp³-hybridized carbons (Fsp3) is 0.643. The first kappa shape index (κ1) is 15.1. The molecule has 0 bridgehead atoms. The molecule has 0 aromatic carbocycles. The van der Waals surface area contributed by atoms with Crippen molar-refractivity contribution in [1.29, 1.82) is 0 Å². The molecule has 0 radical (unpaired) electrons. The molecule has 5 nitrogen and oxygen atoms in total. The molecule has 0 amide bonds. The van der Waals surface area contributed by atoms with Gasteiger partial charge in [-0.1, -0.05) is 32.2 Å². The second-order valence-corrected chi connectivity index (χ2v) is 6.80. The van der Waals surface area contributed by atoms with E-state index in [1.165, 1.54) is 16.4 Å². The number of hydrogen-bond acceptors (Lipinski definition) is 5. The van der Waals surface area contributed by atoms with Gasteiger partial charge in [0.2, 0.25) is 0 Å². The molecule has 0 aliphatic carbocycles. The third-order valence-corrected chi connectivity index (χ3v) is 3.99. The van der Waals surface area contributed by atoms with E-state index in [0.29, 0.717) is 0 Å². The molecule has 1 atom stereocenters. The van der Waals surface area contributed by atoms with Gasteiger partial charge in [0.15, 0.2) is 0 Å². The van der Waals surface area contributed by atoms with E-state index in [0.717, 1.165) is 24.5 Å². The van der Waals surface area contributed by atoms with Gasteiger partial charge in [0.05, 0.1) is 10.6 Å². The van der Waals surface area contributed by atoms with E-state index < -0.39 is 0 Å². The summed E-state index contributed by atoms with van der Waals surface area (Å²) in [5.74, 6) is 1.01. The van der Waals surface area contributed by atoms with E-state index >= 15 is 0 Å². The van der Waals surface area contributed by atoms with E-state index in [4.69, 9.17) is 0 Å². The van der Waals surface area contributed by atoms with Crippen molar-refractivity contribution < 1.29 is 0 Å². The number of rotatable bonds is 5. The Kier molecular flexibility index (Phi) is 4.55. The number of nitrogens with zero attached hydrogens (tertiary/aromatic N) is 4. The predicted molar refractivity (Wildman–Crippen MR) is 82.0 cm³/mol. The molecular weight excluding hydrogens is 270 g/mol. The highest BCUT2D eigenvalue weighted by molar-refractivity contribution is 7.05. The second kappa shape index (κ2) is 6.01. The summed E-state index contributed by atoms with van der Waals surface area (Å²) in [5.41, 5.74) is 1.04. The van der Waals surface area contributed by atoms with Gasteiger partial charge < -0.3 is 9.88 Å². The quantitative estimate of drug-likeness (QED) is 0.921. The molecule has 0 spiro atoms. The molecule has 0 aliphatic rings. The number of nitrogens with one attached hydrogen (secondary N) is 1. The van der Waals surface area contributed by atoms with Gasteiger partial charge in [0, 0.05) is 24.9 Å². The van der Waals surface area contributed by atoms with Gasteiger partial charge in [-0.15, -0.1) is 5.10 Å². The number of aryl methyl sites for hydroxylation is 1. The van der Waals surface area contributed by atoms with Crippen molar-refractivity contribution in [2.75, 3.05) is 6.54 Å². The Labute approximate surface area is 124 Å². The van der Waals surface area contributed by atoms with E-state index in [2.05, 4.69) is 52.1 Å². The van der Waals surface area contributed by atoms with E-state index in [-0.39, 0.29) is 11.5 Å². The van der Waals surface area contributed by atoms with Crippen molar-refractivity contribution in [2.45, 2.75) is 45.6 Å². The van der Waals surface area contributed by atoms with Crippen LogP contribution in [0.25, 0.3) is 0 Å². The topological polar surface area (TPSA) is 55.6 Å². The summed E-state index contributed by atoms with van der Waals surface area (Å²) in [6.45, 7) is 9.62. The summed E-state index contributed by atoms with van der Waals surface area (Å²) in [5, 5.41) is 7.92. The molecule has 0 saturated heterocycles. The van der Waals surface area contributed by atoms with Crippen LogP contribution in [0.5, 0.6) is 0 Å². The molecule has 1 N–H and O–H groups in total. The Morgan fingerprint density at radius 3 is 2.70 bits per heavy atom. The highest BCUT2D eigenvalue weighted by Gasteiger charge is 2.29. The van der Waals surface area contributed by atoms with Gasteiger partial charge >= 0.3 is 0 Å². The first-order chi connectivity index (χ1) is 9.45. The normalized spacial score (nSPS) is 13.7. The van der Waals surface area contributed by atoms with Crippen LogP contribution in [0.15, 0.2) is 12.4 Å². The van der Waals surface area contributed by atoms with Crippen LogP contribution in [-0.4, -0.2) is 25.7 Å². The average Bonchev–Trinajstić information content (AvgIpc) is 2.99. The summed E-state index contributed by atoms with van der Waals surface area (Å²) < 4.78 is 6.23. The molecule has 2 rings (SSSR count). The lowest BCUT2D eigenvalue weighted by atomic mass is 9.90. The summed E-state index contributed by atoms with van der Waals surface area (Å²) in [7, 11) is 2.02. The van der Waals surface area contributed by atoms with Gasteiger partial charge in [0.25, 0.3) is 0 Å². The zero-order valence-electron chi connectivity index (χ0n) is 12.8. The molecule has 6 heteroatoms. The Hall–Kier alpha value is -1.27. The molecule has 2 aromatic heterocycles. The Bertz CT molecular complexity index is 552. The maximum absolute atomic E-state index is 4.50. The van der Waals surface area contributed by atoms with Gasteiger partial charge in [0.1, 0.15) is 11.9 Å². The largest absolute Gasteiger partial charge is 0.336 e. The average molecular weight is 293 g/mol. The first-order valence-electron chi connectivity index (χ1n) is 6.98. The number of hydrogen-bond donors (Lipinski definition) is 1. The minimum absolute atomic E-state index is 0.0142. The summed E-state index contributed by atoms with van der Waals surface area (Å²) in [6.07, 6.45) is 4.89.